The van der Waals surface area contributed by atoms with Gasteiger partial charge in [0.1, 0.15) is 11.3 Å². The summed E-state index contributed by atoms with van der Waals surface area (Å²) in [5.41, 5.74) is -0.598. The second kappa shape index (κ2) is 7.07. The minimum atomic E-state index is -3.67. The van der Waals surface area contributed by atoms with Gasteiger partial charge in [0.05, 0.1) is 7.11 Å². The summed E-state index contributed by atoms with van der Waals surface area (Å²) < 4.78 is 51.7. The molecular weight excluding hydrogens is 293 g/mol. The van der Waals surface area contributed by atoms with Gasteiger partial charge in [0, 0.05) is 6.42 Å². The van der Waals surface area contributed by atoms with Crippen LogP contribution in [0.15, 0.2) is 17.9 Å². The Labute approximate surface area is 128 Å². The van der Waals surface area contributed by atoms with E-state index in [0.29, 0.717) is 6.42 Å². The summed E-state index contributed by atoms with van der Waals surface area (Å²) in [5, 5.41) is 0. The maximum Gasteiger partial charge on any atom is 0.430 e. The summed E-state index contributed by atoms with van der Waals surface area (Å²) in [6.45, 7) is 2.12. The Morgan fingerprint density at radius 3 is 2.55 bits per heavy atom. The number of allylic oxidation sites excluding steroid dienone is 1. The maximum atomic E-state index is 14.1. The van der Waals surface area contributed by atoms with Crippen LogP contribution in [0.3, 0.4) is 0 Å². The number of fused-ring (bicyclic) bond motifs is 1. The number of halogens is 3. The zero-order valence-corrected chi connectivity index (χ0v) is 12.9. The lowest BCUT2D eigenvalue weighted by Gasteiger charge is -2.27. The minimum absolute atomic E-state index is 0.151. The third-order valence-electron chi connectivity index (χ3n) is 3.75. The Kier molecular flexibility index (Phi) is 5.37. The van der Waals surface area contributed by atoms with Gasteiger partial charge in [-0.3, -0.25) is 0 Å². The quantitative estimate of drug-likeness (QED) is 0.609. The molecule has 1 aromatic rings. The van der Waals surface area contributed by atoms with Gasteiger partial charge < -0.3 is 9.47 Å². The third-order valence-corrected chi connectivity index (χ3v) is 3.75. The van der Waals surface area contributed by atoms with E-state index in [1.54, 1.807) is 0 Å². The van der Waals surface area contributed by atoms with Crippen LogP contribution < -0.4 is 4.74 Å². The standard InChI is InChI=1S/C17H21F3O2/c1-3-4-5-6-7-8-13-11-12-9-10-14(21-2)16(18)15(12)17(19,20)22-13/h9-11H,3-8H2,1-2H3. The van der Waals surface area contributed by atoms with Crippen molar-refractivity contribution in [2.75, 3.05) is 7.11 Å². The Morgan fingerprint density at radius 2 is 1.86 bits per heavy atom. The molecule has 0 spiro atoms. The fourth-order valence-corrected chi connectivity index (χ4v) is 2.59. The van der Waals surface area contributed by atoms with Gasteiger partial charge in [0.2, 0.25) is 0 Å². The molecule has 0 saturated heterocycles. The van der Waals surface area contributed by atoms with E-state index in [1.807, 2.05) is 0 Å². The van der Waals surface area contributed by atoms with Gasteiger partial charge in [0.25, 0.3) is 0 Å². The summed E-state index contributed by atoms with van der Waals surface area (Å²) >= 11 is 0. The predicted molar refractivity (Wildman–Crippen MR) is 79.3 cm³/mol. The van der Waals surface area contributed by atoms with E-state index >= 15 is 0 Å². The molecule has 122 valence electrons. The Bertz CT molecular complexity index is 553. The third kappa shape index (κ3) is 3.57. The number of hydrogen-bond donors (Lipinski definition) is 0. The number of rotatable bonds is 7. The number of unbranched alkanes of at least 4 members (excludes halogenated alkanes) is 4. The number of benzene rings is 1. The normalized spacial score (nSPS) is 15.8. The van der Waals surface area contributed by atoms with Crippen molar-refractivity contribution >= 4 is 6.08 Å². The van der Waals surface area contributed by atoms with Gasteiger partial charge in [-0.1, -0.05) is 38.7 Å². The lowest BCUT2D eigenvalue weighted by molar-refractivity contribution is -0.228. The lowest BCUT2D eigenvalue weighted by atomic mass is 10.0. The first kappa shape index (κ1) is 16.7. The first-order valence-corrected chi connectivity index (χ1v) is 7.64. The molecule has 22 heavy (non-hydrogen) atoms. The van der Waals surface area contributed by atoms with Crippen LogP contribution in [-0.2, 0) is 10.8 Å². The van der Waals surface area contributed by atoms with Crippen LogP contribution in [0, 0.1) is 5.82 Å². The average molecular weight is 314 g/mol. The van der Waals surface area contributed by atoms with E-state index in [0.717, 1.165) is 32.1 Å². The monoisotopic (exact) mass is 314 g/mol. The van der Waals surface area contributed by atoms with E-state index in [-0.39, 0.29) is 17.1 Å². The highest BCUT2D eigenvalue weighted by molar-refractivity contribution is 5.60. The van der Waals surface area contributed by atoms with Crippen molar-refractivity contribution in [1.82, 2.24) is 0 Å². The van der Waals surface area contributed by atoms with Gasteiger partial charge in [0.15, 0.2) is 11.6 Å². The first-order valence-electron chi connectivity index (χ1n) is 7.64. The minimum Gasteiger partial charge on any atom is -0.494 e. The smallest absolute Gasteiger partial charge is 0.430 e. The van der Waals surface area contributed by atoms with E-state index in [9.17, 15) is 13.2 Å². The highest BCUT2D eigenvalue weighted by Crippen LogP contribution is 2.43. The summed E-state index contributed by atoms with van der Waals surface area (Å²) in [4.78, 5) is 0. The number of methoxy groups -OCH3 is 1. The van der Waals surface area contributed by atoms with Crippen LogP contribution in [0.25, 0.3) is 6.08 Å². The van der Waals surface area contributed by atoms with Crippen molar-refractivity contribution in [2.24, 2.45) is 0 Å². The molecule has 0 bridgehead atoms. The summed E-state index contributed by atoms with van der Waals surface area (Å²) in [6, 6.07) is 2.79. The van der Waals surface area contributed by atoms with E-state index in [4.69, 9.17) is 9.47 Å². The van der Waals surface area contributed by atoms with Gasteiger partial charge in [-0.2, -0.15) is 8.78 Å². The van der Waals surface area contributed by atoms with Crippen molar-refractivity contribution in [3.05, 3.63) is 34.8 Å². The van der Waals surface area contributed by atoms with Crippen LogP contribution in [0.5, 0.6) is 5.75 Å². The largest absolute Gasteiger partial charge is 0.494 e. The molecule has 1 aromatic carbocycles. The van der Waals surface area contributed by atoms with Crippen LogP contribution in [0.1, 0.15) is 56.6 Å². The molecular formula is C17H21F3O2. The molecule has 5 heteroatoms. The lowest BCUT2D eigenvalue weighted by Crippen LogP contribution is -2.24. The van der Waals surface area contributed by atoms with Gasteiger partial charge in [-0.15, -0.1) is 0 Å². The van der Waals surface area contributed by atoms with E-state index in [1.165, 1.54) is 25.3 Å². The molecule has 0 fully saturated rings. The van der Waals surface area contributed by atoms with Crippen molar-refractivity contribution in [1.29, 1.82) is 0 Å². The van der Waals surface area contributed by atoms with Crippen LogP contribution in [0.2, 0.25) is 0 Å². The molecule has 1 aliphatic rings. The van der Waals surface area contributed by atoms with Gasteiger partial charge in [-0.05, 0) is 24.1 Å². The molecule has 0 unspecified atom stereocenters. The van der Waals surface area contributed by atoms with Gasteiger partial charge >= 0.3 is 6.11 Å². The van der Waals surface area contributed by atoms with E-state index in [2.05, 4.69) is 6.92 Å². The van der Waals surface area contributed by atoms with Crippen molar-refractivity contribution in [3.8, 4) is 5.75 Å². The molecule has 0 N–H and O–H groups in total. The highest BCUT2D eigenvalue weighted by Gasteiger charge is 2.43. The molecule has 0 aromatic heterocycles. The molecule has 2 rings (SSSR count). The summed E-state index contributed by atoms with van der Waals surface area (Å²) in [7, 11) is 1.24. The molecule has 1 aliphatic heterocycles. The maximum absolute atomic E-state index is 14.1. The van der Waals surface area contributed by atoms with Crippen molar-refractivity contribution in [3.63, 3.8) is 0 Å². The zero-order valence-electron chi connectivity index (χ0n) is 12.9. The zero-order chi connectivity index (χ0) is 16.2. The number of hydrogen-bond acceptors (Lipinski definition) is 2. The Balaban J connectivity index is 2.15. The Hall–Kier alpha value is -1.65. The molecule has 0 amide bonds. The SMILES string of the molecule is CCCCCCCC1=Cc2ccc(OC)c(F)c2C(F)(F)O1. The molecule has 0 aliphatic carbocycles. The topological polar surface area (TPSA) is 18.5 Å². The predicted octanol–water partition coefficient (Wildman–Crippen LogP) is 5.62. The fourth-order valence-electron chi connectivity index (χ4n) is 2.59. The van der Waals surface area contributed by atoms with Crippen molar-refractivity contribution < 1.29 is 22.6 Å². The average Bonchev–Trinajstić information content (AvgIpc) is 2.46. The summed E-state index contributed by atoms with van der Waals surface area (Å²) in [6.07, 6.45) is 3.39. The first-order chi connectivity index (χ1) is 10.5. The second-order valence-corrected chi connectivity index (χ2v) is 5.44. The van der Waals surface area contributed by atoms with Crippen LogP contribution in [0.4, 0.5) is 13.2 Å². The molecule has 0 radical (unpaired) electrons. The van der Waals surface area contributed by atoms with Crippen LogP contribution in [-0.4, -0.2) is 7.11 Å². The van der Waals surface area contributed by atoms with E-state index < -0.39 is 17.5 Å². The van der Waals surface area contributed by atoms with Gasteiger partial charge in [-0.25, -0.2) is 4.39 Å². The fraction of sp³-hybridized carbons (Fsp3) is 0.529. The van der Waals surface area contributed by atoms with Crippen LogP contribution >= 0.6 is 0 Å². The van der Waals surface area contributed by atoms with Crippen molar-refractivity contribution in [2.45, 2.75) is 51.6 Å². The number of alkyl halides is 2. The highest BCUT2D eigenvalue weighted by atomic mass is 19.3. The Morgan fingerprint density at radius 1 is 1.14 bits per heavy atom. The molecule has 0 saturated carbocycles. The number of ether oxygens (including phenoxy) is 2. The summed E-state index contributed by atoms with van der Waals surface area (Å²) in [5.74, 6) is -1.07. The molecule has 2 nitrogen and oxygen atoms in total. The molecule has 0 atom stereocenters. The second-order valence-electron chi connectivity index (χ2n) is 5.44. The molecule has 1 heterocycles.